The zero-order valence-corrected chi connectivity index (χ0v) is 9.25. The van der Waals surface area contributed by atoms with E-state index in [-0.39, 0.29) is 0 Å². The molecule has 1 atom stereocenters. The summed E-state index contributed by atoms with van der Waals surface area (Å²) in [6, 6.07) is 7.73. The Bertz CT molecular complexity index is 303. The van der Waals surface area contributed by atoms with E-state index in [2.05, 4.69) is 20.9 Å². The Hall–Kier alpha value is -0.670. The molecule has 0 aliphatic heterocycles. The maximum Gasteiger partial charge on any atom is 0.0933 e. The second-order valence-corrected chi connectivity index (χ2v) is 3.71. The lowest BCUT2D eigenvalue weighted by molar-refractivity contribution is 0.262. The van der Waals surface area contributed by atoms with E-state index in [1.54, 1.807) is 14.0 Å². The first-order chi connectivity index (χ1) is 6.15. The highest BCUT2D eigenvalue weighted by atomic mass is 79.9. The van der Waals surface area contributed by atoms with Gasteiger partial charge in [0.05, 0.1) is 11.8 Å². The van der Waals surface area contributed by atoms with E-state index >= 15 is 0 Å². The van der Waals surface area contributed by atoms with Crippen LogP contribution in [0.1, 0.15) is 12.5 Å². The molecule has 0 radical (unpaired) electrons. The van der Waals surface area contributed by atoms with Crippen LogP contribution in [0.15, 0.2) is 33.7 Å². The van der Waals surface area contributed by atoms with Crippen LogP contribution in [0.2, 0.25) is 0 Å². The van der Waals surface area contributed by atoms with Crippen molar-refractivity contribution in [1.29, 1.82) is 0 Å². The lowest BCUT2D eigenvalue weighted by Crippen LogP contribution is -2.17. The van der Waals surface area contributed by atoms with Crippen LogP contribution in [0.4, 0.5) is 0 Å². The highest BCUT2D eigenvalue weighted by molar-refractivity contribution is 9.10. The number of benzene rings is 1. The quantitative estimate of drug-likeness (QED) is 0.792. The van der Waals surface area contributed by atoms with Gasteiger partial charge >= 0.3 is 0 Å². The normalized spacial score (nSPS) is 14.3. The molecule has 0 aromatic heterocycles. The fraction of sp³-hybridized carbons (Fsp3) is 0.300. The largest absolute Gasteiger partial charge is 0.387 e. The molecule has 0 fully saturated rings. The lowest BCUT2D eigenvalue weighted by Gasteiger charge is -2.08. The molecule has 0 saturated heterocycles. The highest BCUT2D eigenvalue weighted by Crippen LogP contribution is 2.12. The monoisotopic (exact) mass is 241 g/mol. The third-order valence-corrected chi connectivity index (χ3v) is 2.31. The molecule has 0 amide bonds. The number of aliphatic hydroxyl groups is 1. The number of aliphatic imine (C=N–C) groups is 1. The van der Waals surface area contributed by atoms with Crippen LogP contribution in [0, 0.1) is 0 Å². The molecule has 0 aliphatic carbocycles. The summed E-state index contributed by atoms with van der Waals surface area (Å²) < 4.78 is 1.03. The second kappa shape index (κ2) is 4.53. The van der Waals surface area contributed by atoms with Crippen molar-refractivity contribution in [2.24, 2.45) is 4.99 Å². The van der Waals surface area contributed by atoms with Gasteiger partial charge in [0.25, 0.3) is 0 Å². The molecular weight excluding hydrogens is 230 g/mol. The molecule has 2 nitrogen and oxygen atoms in total. The van der Waals surface area contributed by atoms with Gasteiger partial charge in [0, 0.05) is 11.5 Å². The van der Waals surface area contributed by atoms with Crippen molar-refractivity contribution < 1.29 is 5.11 Å². The fourth-order valence-corrected chi connectivity index (χ4v) is 1.44. The van der Waals surface area contributed by atoms with Crippen LogP contribution in [0.25, 0.3) is 0 Å². The minimum Gasteiger partial charge on any atom is -0.387 e. The third-order valence-electron chi connectivity index (χ3n) is 1.78. The van der Waals surface area contributed by atoms with E-state index in [1.165, 1.54) is 0 Å². The molecule has 3 heteroatoms. The Balaban J connectivity index is 3.00. The summed E-state index contributed by atoms with van der Waals surface area (Å²) in [6.07, 6.45) is -0.522. The predicted octanol–water partition coefficient (Wildman–Crippen LogP) is 2.25. The molecule has 0 unspecified atom stereocenters. The molecule has 1 rings (SSSR count). The van der Waals surface area contributed by atoms with Gasteiger partial charge in [-0.3, -0.25) is 4.99 Å². The Labute approximate surface area is 86.4 Å². The van der Waals surface area contributed by atoms with E-state index in [0.717, 1.165) is 10.0 Å². The van der Waals surface area contributed by atoms with Crippen molar-refractivity contribution in [1.82, 2.24) is 0 Å². The number of nitrogens with zero attached hydrogens (tertiary/aromatic N) is 1. The summed E-state index contributed by atoms with van der Waals surface area (Å²) >= 11 is 3.35. The van der Waals surface area contributed by atoms with Gasteiger partial charge < -0.3 is 5.11 Å². The first-order valence-corrected chi connectivity index (χ1v) is 4.85. The summed E-state index contributed by atoms with van der Waals surface area (Å²) in [7, 11) is 1.68. The first kappa shape index (κ1) is 10.4. The summed E-state index contributed by atoms with van der Waals surface area (Å²) in [4.78, 5) is 4.04. The van der Waals surface area contributed by atoms with Gasteiger partial charge in [0.15, 0.2) is 0 Å². The Morgan fingerprint density at radius 2 is 1.92 bits per heavy atom. The highest BCUT2D eigenvalue weighted by Gasteiger charge is 2.07. The van der Waals surface area contributed by atoms with Gasteiger partial charge in [0.2, 0.25) is 0 Å². The minimum absolute atomic E-state index is 0.522. The standard InChI is InChI=1S/C10H12BrNO/c1-7(13)10(12-2)8-3-5-9(11)6-4-8/h3-7,13H,1-2H3/t7-/m0/s1. The van der Waals surface area contributed by atoms with E-state index in [0.29, 0.717) is 5.71 Å². The average Bonchev–Trinajstić information content (AvgIpc) is 2.09. The Morgan fingerprint density at radius 3 is 2.31 bits per heavy atom. The predicted molar refractivity (Wildman–Crippen MR) is 58.3 cm³/mol. The molecule has 1 aromatic carbocycles. The first-order valence-electron chi connectivity index (χ1n) is 4.06. The van der Waals surface area contributed by atoms with E-state index in [1.807, 2.05) is 24.3 Å². The van der Waals surface area contributed by atoms with Crippen LogP contribution in [-0.2, 0) is 0 Å². The molecule has 0 saturated carbocycles. The zero-order chi connectivity index (χ0) is 9.84. The molecule has 0 aliphatic rings. The molecule has 70 valence electrons. The molecule has 1 aromatic rings. The van der Waals surface area contributed by atoms with Crippen molar-refractivity contribution in [3.05, 3.63) is 34.3 Å². The van der Waals surface area contributed by atoms with Crippen LogP contribution in [0.5, 0.6) is 0 Å². The topological polar surface area (TPSA) is 32.6 Å². The van der Waals surface area contributed by atoms with Crippen molar-refractivity contribution in [2.45, 2.75) is 13.0 Å². The minimum atomic E-state index is -0.522. The van der Waals surface area contributed by atoms with Crippen molar-refractivity contribution in [3.63, 3.8) is 0 Å². The van der Waals surface area contributed by atoms with Gasteiger partial charge in [-0.1, -0.05) is 28.1 Å². The lowest BCUT2D eigenvalue weighted by atomic mass is 10.1. The van der Waals surface area contributed by atoms with Crippen LogP contribution in [-0.4, -0.2) is 24.0 Å². The number of aliphatic hydroxyl groups excluding tert-OH is 1. The molecule has 0 bridgehead atoms. The van der Waals surface area contributed by atoms with Crippen molar-refractivity contribution in [3.8, 4) is 0 Å². The summed E-state index contributed by atoms with van der Waals surface area (Å²) in [5, 5.41) is 9.39. The smallest absolute Gasteiger partial charge is 0.0933 e. The van der Waals surface area contributed by atoms with Gasteiger partial charge in [-0.15, -0.1) is 0 Å². The van der Waals surface area contributed by atoms with Crippen molar-refractivity contribution >= 4 is 21.6 Å². The number of hydrogen-bond acceptors (Lipinski definition) is 2. The summed E-state index contributed by atoms with van der Waals surface area (Å²) in [5.74, 6) is 0. The summed E-state index contributed by atoms with van der Waals surface area (Å²) in [6.45, 7) is 1.71. The van der Waals surface area contributed by atoms with E-state index in [4.69, 9.17) is 0 Å². The molecule has 1 N–H and O–H groups in total. The summed E-state index contributed by atoms with van der Waals surface area (Å²) in [5.41, 5.74) is 1.67. The molecule has 0 heterocycles. The third kappa shape index (κ3) is 2.64. The molecule has 0 spiro atoms. The number of rotatable bonds is 2. The van der Waals surface area contributed by atoms with E-state index < -0.39 is 6.10 Å². The van der Waals surface area contributed by atoms with Crippen LogP contribution >= 0.6 is 15.9 Å². The SMILES string of the molecule is CN=C(c1ccc(Br)cc1)[C@H](C)O. The fourth-order valence-electron chi connectivity index (χ4n) is 1.18. The maximum absolute atomic E-state index is 9.39. The molecular formula is C10H12BrNO. The van der Waals surface area contributed by atoms with Crippen LogP contribution in [0.3, 0.4) is 0 Å². The van der Waals surface area contributed by atoms with Crippen LogP contribution < -0.4 is 0 Å². The zero-order valence-electron chi connectivity index (χ0n) is 7.66. The van der Waals surface area contributed by atoms with Crippen molar-refractivity contribution in [2.75, 3.05) is 7.05 Å². The Kier molecular flexibility index (Phi) is 3.63. The number of halogens is 1. The Morgan fingerprint density at radius 1 is 1.38 bits per heavy atom. The maximum atomic E-state index is 9.39. The van der Waals surface area contributed by atoms with Gasteiger partial charge in [-0.05, 0) is 24.6 Å². The van der Waals surface area contributed by atoms with Gasteiger partial charge in [-0.25, -0.2) is 0 Å². The van der Waals surface area contributed by atoms with Gasteiger partial charge in [-0.2, -0.15) is 0 Å². The molecule has 13 heavy (non-hydrogen) atoms. The van der Waals surface area contributed by atoms with Gasteiger partial charge in [0.1, 0.15) is 0 Å². The average molecular weight is 242 g/mol. The second-order valence-electron chi connectivity index (χ2n) is 2.79. The van der Waals surface area contributed by atoms with E-state index in [9.17, 15) is 5.11 Å². The number of hydrogen-bond donors (Lipinski definition) is 1.